The van der Waals surface area contributed by atoms with E-state index in [4.69, 9.17) is 5.73 Å². The third-order valence-corrected chi connectivity index (χ3v) is 5.03. The number of nitrogens with two attached hydrogens (primary N) is 1. The van der Waals surface area contributed by atoms with Gasteiger partial charge in [-0.15, -0.1) is 0 Å². The molecule has 24 heavy (non-hydrogen) atoms. The van der Waals surface area contributed by atoms with Gasteiger partial charge < -0.3 is 15.0 Å². The first-order chi connectivity index (χ1) is 11.6. The van der Waals surface area contributed by atoms with Crippen molar-refractivity contribution in [2.75, 3.05) is 26.2 Å². The number of nitrogens with zero attached hydrogens (tertiary/aromatic N) is 4. The van der Waals surface area contributed by atoms with E-state index < -0.39 is 0 Å². The fourth-order valence-corrected chi connectivity index (χ4v) is 3.13. The first kappa shape index (κ1) is 16.9. The van der Waals surface area contributed by atoms with Gasteiger partial charge in [-0.3, -0.25) is 9.69 Å². The van der Waals surface area contributed by atoms with Crippen LogP contribution in [0.3, 0.4) is 0 Å². The van der Waals surface area contributed by atoms with E-state index in [1.807, 2.05) is 40.6 Å². The molecule has 6 nitrogen and oxygen atoms in total. The number of carbonyl (C=O) groups is 1. The highest BCUT2D eigenvalue weighted by Gasteiger charge is 2.27. The predicted molar refractivity (Wildman–Crippen MR) is 94.5 cm³/mol. The minimum Gasteiger partial charge on any atom is -0.339 e. The summed E-state index contributed by atoms with van der Waals surface area (Å²) in [5.74, 6) is 0.324. The summed E-state index contributed by atoms with van der Waals surface area (Å²) in [7, 11) is 0. The minimum atomic E-state index is -0.375. The molecule has 3 rings (SSSR count). The summed E-state index contributed by atoms with van der Waals surface area (Å²) < 4.78 is 2.04. The Labute approximate surface area is 143 Å². The summed E-state index contributed by atoms with van der Waals surface area (Å²) in [4.78, 5) is 21.4. The van der Waals surface area contributed by atoms with Gasteiger partial charge in [0.2, 0.25) is 5.91 Å². The molecule has 0 bridgehead atoms. The molecule has 1 aliphatic rings. The van der Waals surface area contributed by atoms with Gasteiger partial charge in [0.1, 0.15) is 5.65 Å². The van der Waals surface area contributed by atoms with Gasteiger partial charge in [0.25, 0.3) is 0 Å². The summed E-state index contributed by atoms with van der Waals surface area (Å²) in [5.41, 5.74) is 8.13. The molecule has 2 unspecified atom stereocenters. The molecule has 0 aliphatic carbocycles. The highest BCUT2D eigenvalue weighted by molar-refractivity contribution is 5.82. The lowest BCUT2D eigenvalue weighted by molar-refractivity contribution is -0.135. The Morgan fingerprint density at radius 3 is 2.71 bits per heavy atom. The third-order valence-electron chi connectivity index (χ3n) is 5.03. The Balaban J connectivity index is 1.54. The molecule has 2 N–H and O–H groups in total. The summed E-state index contributed by atoms with van der Waals surface area (Å²) in [6, 6.07) is 5.64. The van der Waals surface area contributed by atoms with Crippen LogP contribution >= 0.6 is 0 Å². The largest absolute Gasteiger partial charge is 0.339 e. The molecular formula is C18H27N5O. The molecular weight excluding hydrogens is 302 g/mol. The zero-order chi connectivity index (χ0) is 17.1. The van der Waals surface area contributed by atoms with Gasteiger partial charge in [-0.2, -0.15) is 0 Å². The number of piperazine rings is 1. The van der Waals surface area contributed by atoms with E-state index in [1.54, 1.807) is 0 Å². The molecule has 130 valence electrons. The van der Waals surface area contributed by atoms with Gasteiger partial charge in [-0.05, 0) is 18.1 Å². The Kier molecular flexibility index (Phi) is 5.16. The number of amides is 1. The van der Waals surface area contributed by atoms with Gasteiger partial charge in [-0.1, -0.05) is 26.3 Å². The average Bonchev–Trinajstić information content (AvgIpc) is 3.02. The summed E-state index contributed by atoms with van der Waals surface area (Å²) in [6.45, 7) is 8.17. The second-order valence-electron chi connectivity index (χ2n) is 6.71. The highest BCUT2D eigenvalue weighted by Crippen LogP contribution is 2.13. The van der Waals surface area contributed by atoms with Gasteiger partial charge >= 0.3 is 0 Å². The minimum absolute atomic E-state index is 0.0942. The van der Waals surface area contributed by atoms with Crippen LogP contribution in [0.25, 0.3) is 5.65 Å². The maximum absolute atomic E-state index is 12.4. The number of hydrogen-bond donors (Lipinski definition) is 1. The molecule has 0 saturated carbocycles. The normalized spacial score (nSPS) is 18.7. The van der Waals surface area contributed by atoms with Crippen molar-refractivity contribution < 1.29 is 4.79 Å². The van der Waals surface area contributed by atoms with Crippen molar-refractivity contribution in [1.82, 2.24) is 19.2 Å². The average molecular weight is 329 g/mol. The molecule has 2 aromatic heterocycles. The van der Waals surface area contributed by atoms with Crippen molar-refractivity contribution in [1.29, 1.82) is 0 Å². The molecule has 2 aromatic rings. The highest BCUT2D eigenvalue weighted by atomic mass is 16.2. The van der Waals surface area contributed by atoms with E-state index in [9.17, 15) is 4.79 Å². The molecule has 1 aliphatic heterocycles. The Morgan fingerprint density at radius 2 is 2.04 bits per heavy atom. The third kappa shape index (κ3) is 3.60. The summed E-state index contributed by atoms with van der Waals surface area (Å²) in [6.07, 6.45) is 5.02. The maximum atomic E-state index is 12.4. The van der Waals surface area contributed by atoms with E-state index in [1.165, 1.54) is 0 Å². The molecule has 0 radical (unpaired) electrons. The molecule has 6 heteroatoms. The topological polar surface area (TPSA) is 66.9 Å². The number of carbonyl (C=O) groups excluding carboxylic acids is 1. The molecule has 1 fully saturated rings. The zero-order valence-corrected chi connectivity index (χ0v) is 14.6. The van der Waals surface area contributed by atoms with Crippen molar-refractivity contribution >= 4 is 11.6 Å². The Hall–Kier alpha value is -1.92. The van der Waals surface area contributed by atoms with Crippen molar-refractivity contribution in [2.45, 2.75) is 32.9 Å². The van der Waals surface area contributed by atoms with E-state index in [0.717, 1.165) is 50.5 Å². The number of hydrogen-bond acceptors (Lipinski definition) is 4. The fourth-order valence-electron chi connectivity index (χ4n) is 3.13. The second kappa shape index (κ2) is 7.32. The molecule has 1 saturated heterocycles. The summed E-state index contributed by atoms with van der Waals surface area (Å²) >= 11 is 0. The molecule has 2 atom stereocenters. The molecule has 0 aromatic carbocycles. The second-order valence-corrected chi connectivity index (χ2v) is 6.71. The monoisotopic (exact) mass is 329 g/mol. The van der Waals surface area contributed by atoms with Crippen LogP contribution in [0, 0.1) is 5.92 Å². The maximum Gasteiger partial charge on any atom is 0.239 e. The lowest BCUT2D eigenvalue weighted by Crippen LogP contribution is -2.54. The van der Waals surface area contributed by atoms with E-state index in [-0.39, 0.29) is 17.9 Å². The number of fused-ring (bicyclic) bond motifs is 1. The smallest absolute Gasteiger partial charge is 0.239 e. The first-order valence-electron chi connectivity index (χ1n) is 8.78. The lowest BCUT2D eigenvalue weighted by atomic mass is 9.98. The van der Waals surface area contributed by atoms with Crippen molar-refractivity contribution in [3.63, 3.8) is 0 Å². The van der Waals surface area contributed by atoms with Crippen molar-refractivity contribution in [3.8, 4) is 0 Å². The van der Waals surface area contributed by atoms with Crippen LogP contribution in [-0.2, 0) is 11.3 Å². The van der Waals surface area contributed by atoms with Gasteiger partial charge in [0, 0.05) is 45.1 Å². The number of imidazole rings is 1. The SMILES string of the molecule is CCC(C)C(N)C(=O)N1CCN(Cc2cn3ccccc3n2)CC1. The quantitative estimate of drug-likeness (QED) is 0.899. The summed E-state index contributed by atoms with van der Waals surface area (Å²) in [5, 5.41) is 0. The van der Waals surface area contributed by atoms with Crippen LogP contribution in [0.2, 0.25) is 0 Å². The standard InChI is InChI=1S/C18H27N5O/c1-3-14(2)17(19)18(24)22-10-8-21(9-11-22)12-15-13-23-7-5-4-6-16(23)20-15/h4-7,13-14,17H,3,8-12,19H2,1-2H3. The van der Waals surface area contributed by atoms with Crippen LogP contribution in [0.1, 0.15) is 26.0 Å². The predicted octanol–water partition coefficient (Wildman–Crippen LogP) is 1.35. The van der Waals surface area contributed by atoms with Gasteiger partial charge in [0.05, 0.1) is 11.7 Å². The Morgan fingerprint density at radius 1 is 1.29 bits per heavy atom. The zero-order valence-electron chi connectivity index (χ0n) is 14.6. The lowest BCUT2D eigenvalue weighted by Gasteiger charge is -2.36. The van der Waals surface area contributed by atoms with Crippen molar-refractivity contribution in [2.24, 2.45) is 11.7 Å². The first-order valence-corrected chi connectivity index (χ1v) is 8.78. The van der Waals surface area contributed by atoms with Crippen molar-refractivity contribution in [3.05, 3.63) is 36.3 Å². The van der Waals surface area contributed by atoms with Gasteiger partial charge in [-0.25, -0.2) is 4.98 Å². The number of pyridine rings is 1. The van der Waals surface area contributed by atoms with Crippen LogP contribution in [-0.4, -0.2) is 57.3 Å². The van der Waals surface area contributed by atoms with Crippen LogP contribution in [0.15, 0.2) is 30.6 Å². The van der Waals surface area contributed by atoms with E-state index >= 15 is 0 Å². The fraction of sp³-hybridized carbons (Fsp3) is 0.556. The van der Waals surface area contributed by atoms with Gasteiger partial charge in [0.15, 0.2) is 0 Å². The van der Waals surface area contributed by atoms with Crippen LogP contribution in [0.5, 0.6) is 0 Å². The number of aromatic nitrogens is 2. The van der Waals surface area contributed by atoms with Crippen LogP contribution in [0.4, 0.5) is 0 Å². The number of rotatable bonds is 5. The molecule has 0 spiro atoms. The Bertz CT molecular complexity index is 657. The van der Waals surface area contributed by atoms with E-state index in [2.05, 4.69) is 23.0 Å². The van der Waals surface area contributed by atoms with Crippen LogP contribution < -0.4 is 5.73 Å². The van der Waals surface area contributed by atoms with E-state index in [0.29, 0.717) is 0 Å². The molecule has 3 heterocycles. The molecule has 1 amide bonds.